The van der Waals surface area contributed by atoms with Crippen molar-refractivity contribution >= 4 is 11.9 Å². The molecule has 0 radical (unpaired) electrons. The number of benzene rings is 1. The molecule has 0 fully saturated rings. The Morgan fingerprint density at radius 2 is 1.81 bits per heavy atom. The molecule has 1 heterocycles. The number of hydrogen-bond donors (Lipinski definition) is 1. The molecule has 0 unspecified atom stereocenters. The van der Waals surface area contributed by atoms with Crippen LogP contribution in [0.1, 0.15) is 26.3 Å². The van der Waals surface area contributed by atoms with Crippen LogP contribution in [0.3, 0.4) is 0 Å². The highest BCUT2D eigenvalue weighted by Gasteiger charge is 2.11. The molecule has 108 valence electrons. The van der Waals surface area contributed by atoms with Crippen LogP contribution >= 0.6 is 0 Å². The van der Waals surface area contributed by atoms with Gasteiger partial charge < -0.3 is 14.5 Å². The monoisotopic (exact) mass is 287 g/mol. The maximum Gasteiger partial charge on any atom is 0.344 e. The third-order valence-corrected chi connectivity index (χ3v) is 2.78. The van der Waals surface area contributed by atoms with E-state index in [0.717, 1.165) is 0 Å². The first-order valence-electron chi connectivity index (χ1n) is 6.14. The third-order valence-electron chi connectivity index (χ3n) is 2.78. The fourth-order valence-corrected chi connectivity index (χ4v) is 1.66. The molecule has 2 rings (SSSR count). The van der Waals surface area contributed by atoms with Gasteiger partial charge in [-0.15, -0.1) is 0 Å². The molecule has 0 aliphatic carbocycles. The zero-order chi connectivity index (χ0) is 15.2. The number of nitrogens with one attached hydrogen (secondary N) is 1. The number of aromatic amines is 1. The number of rotatable bonds is 4. The summed E-state index contributed by atoms with van der Waals surface area (Å²) >= 11 is 0. The second-order valence-electron chi connectivity index (χ2n) is 4.18. The minimum absolute atomic E-state index is 0.00855. The molecule has 1 N–H and O–H groups in total. The largest absolute Gasteiger partial charge is 0.465 e. The Morgan fingerprint density at radius 3 is 2.43 bits per heavy atom. The summed E-state index contributed by atoms with van der Waals surface area (Å²) < 4.78 is 9.63. The molecule has 0 atom stereocenters. The van der Waals surface area contributed by atoms with E-state index in [-0.39, 0.29) is 12.2 Å². The van der Waals surface area contributed by atoms with Gasteiger partial charge in [0.15, 0.2) is 0 Å². The summed E-state index contributed by atoms with van der Waals surface area (Å²) in [4.78, 5) is 36.8. The van der Waals surface area contributed by atoms with Crippen LogP contribution < -0.4 is 5.56 Å². The van der Waals surface area contributed by atoms with Gasteiger partial charge >= 0.3 is 11.9 Å². The fourth-order valence-electron chi connectivity index (χ4n) is 1.66. The van der Waals surface area contributed by atoms with Crippen molar-refractivity contribution in [3.63, 3.8) is 0 Å². The van der Waals surface area contributed by atoms with Gasteiger partial charge in [0, 0.05) is 6.20 Å². The highest BCUT2D eigenvalue weighted by Crippen LogP contribution is 2.08. The molecule has 1 aromatic carbocycles. The van der Waals surface area contributed by atoms with Crippen molar-refractivity contribution in [2.45, 2.75) is 6.61 Å². The van der Waals surface area contributed by atoms with Crippen LogP contribution in [0, 0.1) is 0 Å². The summed E-state index contributed by atoms with van der Waals surface area (Å²) in [6, 6.07) is 9.38. The Morgan fingerprint density at radius 1 is 1.10 bits per heavy atom. The highest BCUT2D eigenvalue weighted by atomic mass is 16.5. The average molecular weight is 287 g/mol. The van der Waals surface area contributed by atoms with Gasteiger partial charge in [-0.2, -0.15) is 0 Å². The molecule has 0 saturated heterocycles. The summed E-state index contributed by atoms with van der Waals surface area (Å²) in [5.74, 6) is -1.14. The maximum absolute atomic E-state index is 11.7. The molecule has 0 spiro atoms. The highest BCUT2D eigenvalue weighted by molar-refractivity contribution is 5.89. The molecule has 6 heteroatoms. The zero-order valence-electron chi connectivity index (χ0n) is 11.3. The van der Waals surface area contributed by atoms with Crippen molar-refractivity contribution in [1.82, 2.24) is 4.98 Å². The van der Waals surface area contributed by atoms with E-state index < -0.39 is 17.5 Å². The molecule has 1 aromatic heterocycles. The normalized spacial score (nSPS) is 9.95. The quantitative estimate of drug-likeness (QED) is 0.862. The molecule has 0 aliphatic heterocycles. The van der Waals surface area contributed by atoms with E-state index >= 15 is 0 Å². The van der Waals surface area contributed by atoms with E-state index in [2.05, 4.69) is 9.72 Å². The first kappa shape index (κ1) is 14.5. The van der Waals surface area contributed by atoms with Crippen LogP contribution in [-0.2, 0) is 16.1 Å². The third kappa shape index (κ3) is 3.56. The van der Waals surface area contributed by atoms with Gasteiger partial charge in [-0.1, -0.05) is 12.1 Å². The Bertz CT molecular complexity index is 703. The van der Waals surface area contributed by atoms with E-state index in [1.165, 1.54) is 19.4 Å². The van der Waals surface area contributed by atoms with Gasteiger partial charge in [-0.05, 0) is 29.8 Å². The van der Waals surface area contributed by atoms with Gasteiger partial charge in [0.1, 0.15) is 12.2 Å². The van der Waals surface area contributed by atoms with Crippen LogP contribution in [0.4, 0.5) is 0 Å². The summed E-state index contributed by atoms with van der Waals surface area (Å²) in [7, 11) is 1.30. The minimum atomic E-state index is -0.700. The average Bonchev–Trinajstić information content (AvgIpc) is 2.52. The number of esters is 2. The second kappa shape index (κ2) is 6.51. The Balaban J connectivity index is 2.00. The lowest BCUT2D eigenvalue weighted by atomic mass is 10.1. The lowest BCUT2D eigenvalue weighted by Gasteiger charge is -2.05. The van der Waals surface area contributed by atoms with Crippen molar-refractivity contribution in [2.75, 3.05) is 7.11 Å². The van der Waals surface area contributed by atoms with Crippen molar-refractivity contribution in [3.8, 4) is 0 Å². The Labute approximate surface area is 120 Å². The van der Waals surface area contributed by atoms with Crippen LogP contribution in [0.25, 0.3) is 0 Å². The number of H-pyrrole nitrogens is 1. The second-order valence-corrected chi connectivity index (χ2v) is 4.18. The van der Waals surface area contributed by atoms with Crippen LogP contribution in [-0.4, -0.2) is 24.0 Å². The minimum Gasteiger partial charge on any atom is -0.465 e. The molecule has 0 bridgehead atoms. The predicted molar refractivity (Wildman–Crippen MR) is 74.0 cm³/mol. The standard InChI is InChI=1S/C15H13NO5/c1-20-14(18)11-6-4-10(5-7-11)9-21-15(19)12-3-2-8-16-13(12)17/h2-8H,9H2,1H3,(H,16,17). The number of aromatic nitrogens is 1. The van der Waals surface area contributed by atoms with Crippen molar-refractivity contribution < 1.29 is 19.1 Å². The van der Waals surface area contributed by atoms with Crippen LogP contribution in [0.15, 0.2) is 47.4 Å². The summed E-state index contributed by atoms with van der Waals surface area (Å²) in [6.45, 7) is 0.00855. The molecule has 6 nitrogen and oxygen atoms in total. The van der Waals surface area contributed by atoms with E-state index in [0.29, 0.717) is 11.1 Å². The number of methoxy groups -OCH3 is 1. The molecule has 0 saturated carbocycles. The number of ether oxygens (including phenoxy) is 2. The Hall–Kier alpha value is -2.89. The maximum atomic E-state index is 11.7. The van der Waals surface area contributed by atoms with Gasteiger partial charge in [0.25, 0.3) is 5.56 Å². The van der Waals surface area contributed by atoms with Gasteiger partial charge in [-0.3, -0.25) is 4.79 Å². The van der Waals surface area contributed by atoms with E-state index in [1.807, 2.05) is 0 Å². The summed E-state index contributed by atoms with van der Waals surface area (Å²) in [5, 5.41) is 0. The van der Waals surface area contributed by atoms with Crippen molar-refractivity contribution in [1.29, 1.82) is 0 Å². The smallest absolute Gasteiger partial charge is 0.344 e. The van der Waals surface area contributed by atoms with Crippen LogP contribution in [0.2, 0.25) is 0 Å². The van der Waals surface area contributed by atoms with Crippen molar-refractivity contribution in [2.24, 2.45) is 0 Å². The SMILES string of the molecule is COC(=O)c1ccc(COC(=O)c2ccc[nH]c2=O)cc1. The lowest BCUT2D eigenvalue weighted by molar-refractivity contribution is 0.0469. The molecule has 2 aromatic rings. The molecule has 0 amide bonds. The summed E-state index contributed by atoms with van der Waals surface area (Å²) in [6.07, 6.45) is 1.44. The van der Waals surface area contributed by atoms with Crippen molar-refractivity contribution in [3.05, 3.63) is 69.6 Å². The number of hydrogen-bond acceptors (Lipinski definition) is 5. The number of pyridine rings is 1. The zero-order valence-corrected chi connectivity index (χ0v) is 11.3. The number of carbonyl (C=O) groups excluding carboxylic acids is 2. The Kier molecular flexibility index (Phi) is 4.50. The lowest BCUT2D eigenvalue weighted by Crippen LogP contribution is -2.18. The fraction of sp³-hybridized carbons (Fsp3) is 0.133. The van der Waals surface area contributed by atoms with Gasteiger partial charge in [-0.25, -0.2) is 9.59 Å². The topological polar surface area (TPSA) is 85.5 Å². The summed E-state index contributed by atoms with van der Waals surface area (Å²) in [5.41, 5.74) is 0.558. The predicted octanol–water partition coefficient (Wildman–Crippen LogP) is 1.52. The molecular weight excluding hydrogens is 274 g/mol. The van der Waals surface area contributed by atoms with Gasteiger partial charge in [0.05, 0.1) is 12.7 Å². The first-order chi connectivity index (χ1) is 10.1. The van der Waals surface area contributed by atoms with E-state index in [4.69, 9.17) is 4.74 Å². The van der Waals surface area contributed by atoms with Gasteiger partial charge in [0.2, 0.25) is 0 Å². The first-order valence-corrected chi connectivity index (χ1v) is 6.14. The molecule has 0 aliphatic rings. The molecule has 21 heavy (non-hydrogen) atoms. The van der Waals surface area contributed by atoms with Crippen LogP contribution in [0.5, 0.6) is 0 Å². The molecular formula is C15H13NO5. The van der Waals surface area contributed by atoms with E-state index in [9.17, 15) is 14.4 Å². The van der Waals surface area contributed by atoms with E-state index in [1.54, 1.807) is 30.3 Å². The number of carbonyl (C=O) groups is 2.